The van der Waals surface area contributed by atoms with Crippen molar-refractivity contribution in [1.82, 2.24) is 0 Å². The summed E-state index contributed by atoms with van der Waals surface area (Å²) in [6.07, 6.45) is 0. The van der Waals surface area contributed by atoms with Crippen molar-refractivity contribution in [2.75, 3.05) is 7.11 Å². The molecule has 3 nitrogen and oxygen atoms in total. The lowest BCUT2D eigenvalue weighted by Gasteiger charge is -2.15. The lowest BCUT2D eigenvalue weighted by atomic mass is 10.0. The number of rotatable bonds is 5. The van der Waals surface area contributed by atoms with E-state index in [1.54, 1.807) is 19.2 Å². The molecular formula is C17H19ClO3. The molecule has 4 heteroatoms. The van der Waals surface area contributed by atoms with Crippen molar-refractivity contribution in [3.63, 3.8) is 0 Å². The molecule has 0 aliphatic rings. The molecule has 2 aromatic rings. The first-order valence-corrected chi connectivity index (χ1v) is 7.09. The van der Waals surface area contributed by atoms with Crippen molar-refractivity contribution < 1.29 is 14.6 Å². The highest BCUT2D eigenvalue weighted by atomic mass is 35.5. The van der Waals surface area contributed by atoms with Gasteiger partial charge in [-0.05, 0) is 48.2 Å². The average Bonchev–Trinajstić information content (AvgIpc) is 2.47. The fourth-order valence-electron chi connectivity index (χ4n) is 2.23. The maximum Gasteiger partial charge on any atom is 0.180 e. The number of aliphatic hydroxyl groups excluding tert-OH is 1. The highest BCUT2D eigenvalue weighted by Gasteiger charge is 2.13. The molecule has 0 spiro atoms. The quantitative estimate of drug-likeness (QED) is 0.906. The van der Waals surface area contributed by atoms with E-state index in [9.17, 15) is 5.11 Å². The Morgan fingerprint density at radius 3 is 2.38 bits per heavy atom. The number of benzene rings is 2. The molecule has 0 heterocycles. The number of aryl methyl sites for hydroxylation is 2. The molecule has 0 saturated heterocycles. The van der Waals surface area contributed by atoms with Crippen molar-refractivity contribution in [2.45, 2.75) is 27.1 Å². The second-order valence-electron chi connectivity index (χ2n) is 4.93. The lowest BCUT2D eigenvalue weighted by molar-refractivity contribution is 0.274. The molecule has 0 unspecified atom stereocenters. The number of hydrogen-bond donors (Lipinski definition) is 1. The van der Waals surface area contributed by atoms with Gasteiger partial charge in [0.1, 0.15) is 6.61 Å². The Kier molecular flexibility index (Phi) is 5.10. The highest BCUT2D eigenvalue weighted by Crippen LogP contribution is 2.37. The first-order valence-electron chi connectivity index (χ1n) is 6.72. The summed E-state index contributed by atoms with van der Waals surface area (Å²) < 4.78 is 11.2. The first-order chi connectivity index (χ1) is 10.1. The van der Waals surface area contributed by atoms with Gasteiger partial charge >= 0.3 is 0 Å². The minimum Gasteiger partial charge on any atom is -0.493 e. The Hall–Kier alpha value is -1.71. The predicted molar refractivity (Wildman–Crippen MR) is 84.2 cm³/mol. The van der Waals surface area contributed by atoms with E-state index >= 15 is 0 Å². The van der Waals surface area contributed by atoms with E-state index < -0.39 is 0 Å². The van der Waals surface area contributed by atoms with Gasteiger partial charge in [-0.2, -0.15) is 0 Å². The van der Waals surface area contributed by atoms with E-state index in [0.29, 0.717) is 28.7 Å². The molecule has 0 fully saturated rings. The van der Waals surface area contributed by atoms with Crippen molar-refractivity contribution in [2.24, 2.45) is 0 Å². The van der Waals surface area contributed by atoms with Crippen molar-refractivity contribution >= 4 is 11.6 Å². The standard InChI is InChI=1S/C17H19ClO3/c1-11-5-4-6-12(2)14(11)10-21-17-15(18)7-13(9-19)8-16(17)20-3/h4-8,19H,9-10H2,1-3H3. The molecule has 0 aliphatic heterocycles. The van der Waals surface area contributed by atoms with E-state index in [2.05, 4.69) is 26.0 Å². The SMILES string of the molecule is COc1cc(CO)cc(Cl)c1OCc1c(C)cccc1C. The maximum atomic E-state index is 9.20. The first kappa shape index (κ1) is 15.7. The zero-order valence-corrected chi connectivity index (χ0v) is 13.2. The van der Waals surface area contributed by atoms with Crippen molar-refractivity contribution in [3.05, 3.63) is 57.6 Å². The zero-order valence-electron chi connectivity index (χ0n) is 12.4. The third-order valence-corrected chi connectivity index (χ3v) is 3.76. The summed E-state index contributed by atoms with van der Waals surface area (Å²) in [6, 6.07) is 9.55. The number of ether oxygens (including phenoxy) is 2. The van der Waals surface area contributed by atoms with Gasteiger partial charge in [-0.3, -0.25) is 0 Å². The molecule has 0 atom stereocenters. The van der Waals surface area contributed by atoms with E-state index in [1.165, 1.54) is 11.1 Å². The monoisotopic (exact) mass is 306 g/mol. The summed E-state index contributed by atoms with van der Waals surface area (Å²) in [7, 11) is 1.55. The van der Waals surface area contributed by atoms with E-state index in [-0.39, 0.29) is 6.61 Å². The van der Waals surface area contributed by atoms with Gasteiger partial charge in [-0.15, -0.1) is 0 Å². The van der Waals surface area contributed by atoms with Gasteiger partial charge in [0.2, 0.25) is 0 Å². The normalized spacial score (nSPS) is 10.5. The zero-order chi connectivity index (χ0) is 15.4. The molecule has 2 aromatic carbocycles. The molecule has 1 N–H and O–H groups in total. The van der Waals surface area contributed by atoms with Gasteiger partial charge in [0.25, 0.3) is 0 Å². The summed E-state index contributed by atoms with van der Waals surface area (Å²) in [5.74, 6) is 1.02. The van der Waals surface area contributed by atoms with Crippen LogP contribution in [0.1, 0.15) is 22.3 Å². The number of methoxy groups -OCH3 is 1. The summed E-state index contributed by atoms with van der Waals surface area (Å²) in [5, 5.41) is 9.63. The van der Waals surface area contributed by atoms with Crippen LogP contribution < -0.4 is 9.47 Å². The van der Waals surface area contributed by atoms with Crippen LogP contribution in [0.3, 0.4) is 0 Å². The summed E-state index contributed by atoms with van der Waals surface area (Å²) in [4.78, 5) is 0. The minimum absolute atomic E-state index is 0.0900. The largest absolute Gasteiger partial charge is 0.493 e. The van der Waals surface area contributed by atoms with Crippen LogP contribution in [0.2, 0.25) is 5.02 Å². The van der Waals surface area contributed by atoms with Gasteiger partial charge in [0.05, 0.1) is 18.7 Å². The molecule has 0 bridgehead atoms. The smallest absolute Gasteiger partial charge is 0.180 e. The molecule has 0 saturated carbocycles. The van der Waals surface area contributed by atoms with E-state index in [0.717, 1.165) is 5.56 Å². The molecule has 0 aliphatic carbocycles. The fourth-order valence-corrected chi connectivity index (χ4v) is 2.51. The van der Waals surface area contributed by atoms with Crippen LogP contribution in [0, 0.1) is 13.8 Å². The average molecular weight is 307 g/mol. The number of aliphatic hydroxyl groups is 1. The maximum absolute atomic E-state index is 9.20. The van der Waals surface area contributed by atoms with E-state index in [1.807, 2.05) is 6.07 Å². The molecule has 0 aromatic heterocycles. The topological polar surface area (TPSA) is 38.7 Å². The molecule has 0 amide bonds. The highest BCUT2D eigenvalue weighted by molar-refractivity contribution is 6.32. The number of halogens is 1. The summed E-state index contributed by atoms with van der Waals surface area (Å²) in [5.41, 5.74) is 4.19. The summed E-state index contributed by atoms with van der Waals surface area (Å²) >= 11 is 6.22. The van der Waals surface area contributed by atoms with Crippen LogP contribution in [0.5, 0.6) is 11.5 Å². The van der Waals surface area contributed by atoms with Crippen LogP contribution in [0.15, 0.2) is 30.3 Å². The minimum atomic E-state index is -0.0900. The van der Waals surface area contributed by atoms with E-state index in [4.69, 9.17) is 21.1 Å². The second-order valence-corrected chi connectivity index (χ2v) is 5.33. The second kappa shape index (κ2) is 6.83. The predicted octanol–water partition coefficient (Wildman–Crippen LogP) is 4.04. The number of hydrogen-bond acceptors (Lipinski definition) is 3. The third kappa shape index (κ3) is 3.49. The van der Waals surface area contributed by atoms with Gasteiger partial charge < -0.3 is 14.6 Å². The molecule has 21 heavy (non-hydrogen) atoms. The Morgan fingerprint density at radius 2 is 1.81 bits per heavy atom. The summed E-state index contributed by atoms with van der Waals surface area (Å²) in [6.45, 7) is 4.44. The van der Waals surface area contributed by atoms with Gasteiger partial charge in [0, 0.05) is 0 Å². The van der Waals surface area contributed by atoms with Crippen molar-refractivity contribution in [3.8, 4) is 11.5 Å². The lowest BCUT2D eigenvalue weighted by Crippen LogP contribution is -2.03. The van der Waals surface area contributed by atoms with Gasteiger partial charge in [0.15, 0.2) is 11.5 Å². The molecule has 112 valence electrons. The Labute approximate surface area is 130 Å². The molecule has 0 radical (unpaired) electrons. The van der Waals surface area contributed by atoms with Crippen LogP contribution in [0.25, 0.3) is 0 Å². The fraction of sp³-hybridized carbons (Fsp3) is 0.294. The Balaban J connectivity index is 2.28. The van der Waals surface area contributed by atoms with Crippen molar-refractivity contribution in [1.29, 1.82) is 0 Å². The van der Waals surface area contributed by atoms with Gasteiger partial charge in [-0.25, -0.2) is 0 Å². The molecule has 2 rings (SSSR count). The molecular weight excluding hydrogens is 288 g/mol. The van der Waals surface area contributed by atoms with Crippen LogP contribution in [-0.2, 0) is 13.2 Å². The Morgan fingerprint density at radius 1 is 1.14 bits per heavy atom. The Bertz CT molecular complexity index is 618. The van der Waals surface area contributed by atoms with Crippen LogP contribution >= 0.6 is 11.6 Å². The van der Waals surface area contributed by atoms with Crippen LogP contribution in [-0.4, -0.2) is 12.2 Å². The van der Waals surface area contributed by atoms with Gasteiger partial charge in [-0.1, -0.05) is 29.8 Å². The van der Waals surface area contributed by atoms with Crippen LogP contribution in [0.4, 0.5) is 0 Å². The third-order valence-electron chi connectivity index (χ3n) is 3.48.